The van der Waals surface area contributed by atoms with Crippen molar-refractivity contribution in [2.45, 2.75) is 66.5 Å². The quantitative estimate of drug-likeness (QED) is 0.808. The van der Waals surface area contributed by atoms with Crippen LogP contribution in [0.3, 0.4) is 0 Å². The summed E-state index contributed by atoms with van der Waals surface area (Å²) < 4.78 is 0. The minimum atomic E-state index is -0.759. The summed E-state index contributed by atoms with van der Waals surface area (Å²) in [5, 5.41) is 2.91. The lowest BCUT2D eigenvalue weighted by molar-refractivity contribution is -0.159. The van der Waals surface area contributed by atoms with Crippen molar-refractivity contribution in [1.82, 2.24) is 10.2 Å². The van der Waals surface area contributed by atoms with Gasteiger partial charge in [0.1, 0.15) is 11.6 Å². The van der Waals surface area contributed by atoms with Crippen LogP contribution in [0.1, 0.15) is 54.9 Å². The zero-order valence-electron chi connectivity index (χ0n) is 13.8. The number of allylic oxidation sites excluding steroid dienone is 1. The maximum Gasteiger partial charge on any atom is 0.246 e. The highest BCUT2D eigenvalue weighted by atomic mass is 16.2. The van der Waals surface area contributed by atoms with E-state index in [1.165, 1.54) is 0 Å². The first-order chi connectivity index (χ1) is 9.04. The number of piperazine rings is 1. The maximum atomic E-state index is 12.8. The Morgan fingerprint density at radius 2 is 1.90 bits per heavy atom. The molecule has 1 heterocycles. The molecule has 1 saturated heterocycles. The molecule has 0 saturated carbocycles. The van der Waals surface area contributed by atoms with Crippen LogP contribution in [0, 0.1) is 5.41 Å². The second-order valence-electron chi connectivity index (χ2n) is 7.13. The third-order valence-corrected chi connectivity index (χ3v) is 4.11. The van der Waals surface area contributed by atoms with E-state index in [0.29, 0.717) is 13.0 Å². The van der Waals surface area contributed by atoms with Gasteiger partial charge in [-0.15, -0.1) is 0 Å². The normalized spacial score (nSPS) is 27.4. The molecule has 2 amide bonds. The summed E-state index contributed by atoms with van der Waals surface area (Å²) in [6.07, 6.45) is 2.61. The van der Waals surface area contributed by atoms with Gasteiger partial charge in [-0.05, 0) is 32.6 Å². The van der Waals surface area contributed by atoms with Crippen LogP contribution in [-0.4, -0.2) is 34.8 Å². The standard InChI is InChI=1S/C16H28N2O2/c1-8-16(7)14(20)17-12(15(4,5)6)13(19)18(16)10-9-11(2)3/h9,12H,8,10H2,1-7H3,(H,17,20). The fourth-order valence-electron chi connectivity index (χ4n) is 2.37. The van der Waals surface area contributed by atoms with Crippen LogP contribution in [0.15, 0.2) is 11.6 Å². The lowest BCUT2D eigenvalue weighted by Crippen LogP contribution is -2.71. The third-order valence-electron chi connectivity index (χ3n) is 4.11. The molecule has 1 aliphatic heterocycles. The van der Waals surface area contributed by atoms with Gasteiger partial charge in [-0.1, -0.05) is 39.3 Å². The average molecular weight is 280 g/mol. The molecular weight excluding hydrogens is 252 g/mol. The molecule has 1 aliphatic rings. The summed E-state index contributed by atoms with van der Waals surface area (Å²) in [6.45, 7) is 14.2. The highest BCUT2D eigenvalue weighted by molar-refractivity contribution is 6.00. The van der Waals surface area contributed by atoms with Gasteiger partial charge in [-0.2, -0.15) is 0 Å². The van der Waals surface area contributed by atoms with E-state index in [4.69, 9.17) is 0 Å². The van der Waals surface area contributed by atoms with Crippen molar-refractivity contribution in [3.63, 3.8) is 0 Å². The largest absolute Gasteiger partial charge is 0.342 e. The van der Waals surface area contributed by atoms with Gasteiger partial charge >= 0.3 is 0 Å². The Kier molecular flexibility index (Phi) is 4.67. The number of hydrogen-bond donors (Lipinski definition) is 1. The lowest BCUT2D eigenvalue weighted by Gasteiger charge is -2.48. The maximum absolute atomic E-state index is 12.8. The van der Waals surface area contributed by atoms with Crippen molar-refractivity contribution in [2.24, 2.45) is 5.41 Å². The molecule has 0 radical (unpaired) electrons. The summed E-state index contributed by atoms with van der Waals surface area (Å²) in [6, 6.07) is -0.458. The van der Waals surface area contributed by atoms with E-state index >= 15 is 0 Å². The van der Waals surface area contributed by atoms with Crippen molar-refractivity contribution < 1.29 is 9.59 Å². The van der Waals surface area contributed by atoms with E-state index in [0.717, 1.165) is 5.57 Å². The molecule has 0 aromatic heterocycles. The first-order valence-electron chi connectivity index (χ1n) is 7.30. The molecule has 114 valence electrons. The first kappa shape index (κ1) is 16.7. The summed E-state index contributed by atoms with van der Waals surface area (Å²) in [4.78, 5) is 27.0. The Bertz CT molecular complexity index is 430. The topological polar surface area (TPSA) is 49.4 Å². The Morgan fingerprint density at radius 1 is 1.35 bits per heavy atom. The van der Waals surface area contributed by atoms with Gasteiger partial charge in [0.05, 0.1) is 0 Å². The molecule has 0 aliphatic carbocycles. The predicted molar refractivity (Wildman–Crippen MR) is 81.2 cm³/mol. The third kappa shape index (κ3) is 3.05. The molecule has 2 atom stereocenters. The van der Waals surface area contributed by atoms with Gasteiger partial charge in [0.25, 0.3) is 0 Å². The molecule has 20 heavy (non-hydrogen) atoms. The monoisotopic (exact) mass is 280 g/mol. The number of carbonyl (C=O) groups is 2. The highest BCUT2D eigenvalue weighted by Gasteiger charge is 2.50. The molecule has 1 rings (SSSR count). The van der Waals surface area contributed by atoms with E-state index < -0.39 is 11.6 Å². The van der Waals surface area contributed by atoms with E-state index in [1.54, 1.807) is 4.90 Å². The van der Waals surface area contributed by atoms with Crippen LogP contribution >= 0.6 is 0 Å². The number of amides is 2. The lowest BCUT2D eigenvalue weighted by atomic mass is 9.80. The summed E-state index contributed by atoms with van der Waals surface area (Å²) >= 11 is 0. The van der Waals surface area contributed by atoms with Crippen molar-refractivity contribution in [2.75, 3.05) is 6.54 Å². The van der Waals surface area contributed by atoms with Gasteiger partial charge in [-0.25, -0.2) is 0 Å². The fraction of sp³-hybridized carbons (Fsp3) is 0.750. The predicted octanol–water partition coefficient (Wildman–Crippen LogP) is 2.49. The Hall–Kier alpha value is -1.32. The summed E-state index contributed by atoms with van der Waals surface area (Å²) in [5.41, 5.74) is 0.102. The molecule has 4 nitrogen and oxygen atoms in total. The van der Waals surface area contributed by atoms with E-state index in [-0.39, 0.29) is 17.2 Å². The number of nitrogens with zero attached hydrogens (tertiary/aromatic N) is 1. The Balaban J connectivity index is 3.18. The van der Waals surface area contributed by atoms with Crippen molar-refractivity contribution in [1.29, 1.82) is 0 Å². The molecule has 1 N–H and O–H groups in total. The van der Waals surface area contributed by atoms with Gasteiger partial charge in [-0.3, -0.25) is 9.59 Å². The van der Waals surface area contributed by atoms with Crippen LogP contribution in [0.25, 0.3) is 0 Å². The Morgan fingerprint density at radius 3 is 2.30 bits per heavy atom. The molecule has 0 aromatic rings. The minimum absolute atomic E-state index is 0.0129. The zero-order chi connectivity index (χ0) is 15.7. The van der Waals surface area contributed by atoms with Crippen LogP contribution in [-0.2, 0) is 9.59 Å². The number of nitrogens with one attached hydrogen (secondary N) is 1. The highest BCUT2D eigenvalue weighted by Crippen LogP contribution is 2.31. The van der Waals surface area contributed by atoms with Crippen LogP contribution in [0.5, 0.6) is 0 Å². The van der Waals surface area contributed by atoms with Gasteiger partial charge in [0, 0.05) is 6.54 Å². The molecular formula is C16H28N2O2. The first-order valence-corrected chi connectivity index (χ1v) is 7.30. The number of hydrogen-bond acceptors (Lipinski definition) is 2. The molecule has 1 fully saturated rings. The van der Waals surface area contributed by atoms with Gasteiger partial charge in [0.15, 0.2) is 0 Å². The fourth-order valence-corrected chi connectivity index (χ4v) is 2.37. The summed E-state index contributed by atoms with van der Waals surface area (Å²) in [5.74, 6) is -0.0411. The van der Waals surface area contributed by atoms with Crippen LogP contribution in [0.4, 0.5) is 0 Å². The number of rotatable bonds is 3. The van der Waals surface area contributed by atoms with Gasteiger partial charge in [0.2, 0.25) is 11.8 Å². The zero-order valence-corrected chi connectivity index (χ0v) is 13.8. The number of carbonyl (C=O) groups excluding carboxylic acids is 2. The Labute approximate surface area is 122 Å². The molecule has 0 spiro atoms. The summed E-state index contributed by atoms with van der Waals surface area (Å²) in [7, 11) is 0. The molecule has 4 heteroatoms. The molecule has 2 unspecified atom stereocenters. The minimum Gasteiger partial charge on any atom is -0.342 e. The molecule has 0 aromatic carbocycles. The second-order valence-corrected chi connectivity index (χ2v) is 7.13. The van der Waals surface area contributed by atoms with Crippen molar-refractivity contribution >= 4 is 11.8 Å². The van der Waals surface area contributed by atoms with Crippen molar-refractivity contribution in [3.05, 3.63) is 11.6 Å². The van der Waals surface area contributed by atoms with E-state index in [9.17, 15) is 9.59 Å². The van der Waals surface area contributed by atoms with E-state index in [2.05, 4.69) is 5.32 Å². The van der Waals surface area contributed by atoms with Crippen LogP contribution < -0.4 is 5.32 Å². The second kappa shape index (κ2) is 5.58. The van der Waals surface area contributed by atoms with Gasteiger partial charge < -0.3 is 10.2 Å². The average Bonchev–Trinajstić information content (AvgIpc) is 2.31. The van der Waals surface area contributed by atoms with Crippen LogP contribution in [0.2, 0.25) is 0 Å². The SMILES string of the molecule is CCC1(C)C(=O)NC(C(C)(C)C)C(=O)N1CC=C(C)C. The van der Waals surface area contributed by atoms with E-state index in [1.807, 2.05) is 54.5 Å². The smallest absolute Gasteiger partial charge is 0.246 e. The van der Waals surface area contributed by atoms with Crippen molar-refractivity contribution in [3.8, 4) is 0 Å². The molecule has 0 bridgehead atoms.